The van der Waals surface area contributed by atoms with Crippen molar-refractivity contribution in [1.29, 1.82) is 0 Å². The van der Waals surface area contributed by atoms with Crippen molar-refractivity contribution >= 4 is 5.91 Å². The maximum atomic E-state index is 12.2. The molecule has 1 aromatic heterocycles. The molecule has 6 heteroatoms. The smallest absolute Gasteiger partial charge is 0.271 e. The summed E-state index contributed by atoms with van der Waals surface area (Å²) >= 11 is 0. The number of nitrogens with one attached hydrogen (secondary N) is 1. The SMILES string of the molecule is COc1cccc(CN2CCC(NC(=O)c3ccn(C)n3)CC2)c1. The lowest BCUT2D eigenvalue weighted by Gasteiger charge is -2.32. The van der Waals surface area contributed by atoms with Gasteiger partial charge in [-0.3, -0.25) is 14.4 Å². The predicted molar refractivity (Wildman–Crippen MR) is 92.0 cm³/mol. The fraction of sp³-hybridized carbons (Fsp3) is 0.444. The zero-order valence-electron chi connectivity index (χ0n) is 14.2. The summed E-state index contributed by atoms with van der Waals surface area (Å²) in [6.07, 6.45) is 3.71. The number of methoxy groups -OCH3 is 1. The number of nitrogens with zero attached hydrogens (tertiary/aromatic N) is 3. The Hall–Kier alpha value is -2.34. The summed E-state index contributed by atoms with van der Waals surface area (Å²) in [5.41, 5.74) is 1.74. The third-order valence-corrected chi connectivity index (χ3v) is 4.41. The van der Waals surface area contributed by atoms with Crippen LogP contribution in [0.2, 0.25) is 0 Å². The number of carbonyl (C=O) groups is 1. The van der Waals surface area contributed by atoms with E-state index in [0.717, 1.165) is 38.2 Å². The van der Waals surface area contributed by atoms with E-state index in [4.69, 9.17) is 4.74 Å². The summed E-state index contributed by atoms with van der Waals surface area (Å²) in [5.74, 6) is 0.812. The number of aromatic nitrogens is 2. The van der Waals surface area contributed by atoms with E-state index in [-0.39, 0.29) is 11.9 Å². The van der Waals surface area contributed by atoms with Gasteiger partial charge in [-0.1, -0.05) is 12.1 Å². The first-order valence-corrected chi connectivity index (χ1v) is 8.30. The topological polar surface area (TPSA) is 59.4 Å². The molecule has 0 radical (unpaired) electrons. The molecular weight excluding hydrogens is 304 g/mol. The maximum absolute atomic E-state index is 12.2. The Bertz CT molecular complexity index is 690. The average Bonchev–Trinajstić information content (AvgIpc) is 3.03. The lowest BCUT2D eigenvalue weighted by molar-refractivity contribution is 0.0903. The average molecular weight is 328 g/mol. The highest BCUT2D eigenvalue weighted by atomic mass is 16.5. The highest BCUT2D eigenvalue weighted by molar-refractivity contribution is 5.92. The normalized spacial score (nSPS) is 16.1. The lowest BCUT2D eigenvalue weighted by Crippen LogP contribution is -2.44. The Labute approximate surface area is 142 Å². The van der Waals surface area contributed by atoms with Crippen LogP contribution in [-0.2, 0) is 13.6 Å². The molecule has 2 aromatic rings. The van der Waals surface area contributed by atoms with Crippen LogP contribution in [0.5, 0.6) is 5.75 Å². The molecule has 1 aromatic carbocycles. The van der Waals surface area contributed by atoms with Crippen molar-refractivity contribution in [3.63, 3.8) is 0 Å². The molecule has 0 atom stereocenters. The molecule has 0 spiro atoms. The number of benzene rings is 1. The number of carbonyl (C=O) groups excluding carboxylic acids is 1. The second-order valence-electron chi connectivity index (χ2n) is 6.25. The molecule has 1 aliphatic heterocycles. The quantitative estimate of drug-likeness (QED) is 0.910. The minimum atomic E-state index is -0.0816. The molecule has 24 heavy (non-hydrogen) atoms. The minimum Gasteiger partial charge on any atom is -0.497 e. The van der Waals surface area contributed by atoms with Gasteiger partial charge in [0.25, 0.3) is 5.91 Å². The van der Waals surface area contributed by atoms with Gasteiger partial charge >= 0.3 is 0 Å². The first-order valence-electron chi connectivity index (χ1n) is 8.30. The summed E-state index contributed by atoms with van der Waals surface area (Å²) in [6, 6.07) is 10.2. The molecule has 1 saturated heterocycles. The Kier molecular flexibility index (Phi) is 5.15. The number of hydrogen-bond acceptors (Lipinski definition) is 4. The fourth-order valence-corrected chi connectivity index (χ4v) is 3.06. The monoisotopic (exact) mass is 328 g/mol. The molecule has 3 rings (SSSR count). The van der Waals surface area contributed by atoms with Crippen LogP contribution in [0, 0.1) is 0 Å². The number of likely N-dealkylation sites (tertiary alicyclic amines) is 1. The van der Waals surface area contributed by atoms with Crippen LogP contribution in [0.4, 0.5) is 0 Å². The van der Waals surface area contributed by atoms with Crippen LogP contribution >= 0.6 is 0 Å². The van der Waals surface area contributed by atoms with Gasteiger partial charge in [0.05, 0.1) is 7.11 Å². The predicted octanol–water partition coefficient (Wildman–Crippen LogP) is 1.82. The van der Waals surface area contributed by atoms with Gasteiger partial charge in [-0.05, 0) is 36.6 Å². The van der Waals surface area contributed by atoms with E-state index in [1.807, 2.05) is 19.2 Å². The van der Waals surface area contributed by atoms with Crippen LogP contribution in [0.15, 0.2) is 36.5 Å². The van der Waals surface area contributed by atoms with Gasteiger partial charge in [0.15, 0.2) is 0 Å². The highest BCUT2D eigenvalue weighted by Gasteiger charge is 2.22. The van der Waals surface area contributed by atoms with Gasteiger partial charge in [-0.2, -0.15) is 5.10 Å². The summed E-state index contributed by atoms with van der Waals surface area (Å²) < 4.78 is 6.92. The van der Waals surface area contributed by atoms with E-state index in [1.165, 1.54) is 5.56 Å². The summed E-state index contributed by atoms with van der Waals surface area (Å²) in [5, 5.41) is 7.24. The molecule has 0 saturated carbocycles. The largest absolute Gasteiger partial charge is 0.497 e. The van der Waals surface area contributed by atoms with E-state index >= 15 is 0 Å². The third kappa shape index (κ3) is 4.14. The van der Waals surface area contributed by atoms with Crippen molar-refractivity contribution in [1.82, 2.24) is 20.0 Å². The lowest BCUT2D eigenvalue weighted by atomic mass is 10.0. The Morgan fingerprint density at radius 3 is 2.79 bits per heavy atom. The molecule has 1 aliphatic rings. The molecule has 1 fully saturated rings. The summed E-state index contributed by atoms with van der Waals surface area (Å²) in [4.78, 5) is 14.6. The fourth-order valence-electron chi connectivity index (χ4n) is 3.06. The van der Waals surface area contributed by atoms with Crippen molar-refractivity contribution < 1.29 is 9.53 Å². The van der Waals surface area contributed by atoms with E-state index in [2.05, 4.69) is 27.4 Å². The molecule has 1 N–H and O–H groups in total. The maximum Gasteiger partial charge on any atom is 0.271 e. The van der Waals surface area contributed by atoms with Gasteiger partial charge in [0, 0.05) is 38.9 Å². The molecule has 0 bridgehead atoms. The van der Waals surface area contributed by atoms with Crippen molar-refractivity contribution in [2.45, 2.75) is 25.4 Å². The molecule has 2 heterocycles. The van der Waals surface area contributed by atoms with E-state index in [1.54, 1.807) is 24.1 Å². The van der Waals surface area contributed by atoms with E-state index < -0.39 is 0 Å². The first kappa shape index (κ1) is 16.5. The number of amides is 1. The molecule has 128 valence electrons. The highest BCUT2D eigenvalue weighted by Crippen LogP contribution is 2.17. The van der Waals surface area contributed by atoms with Crippen LogP contribution in [0.1, 0.15) is 28.9 Å². The number of rotatable bonds is 5. The standard InChI is InChI=1S/C18H24N4O2/c1-21-9-8-17(20-21)18(23)19-15-6-10-22(11-7-15)13-14-4-3-5-16(12-14)24-2/h3-5,8-9,12,15H,6-7,10-11,13H2,1-2H3,(H,19,23). The minimum absolute atomic E-state index is 0.0816. The number of hydrogen-bond donors (Lipinski definition) is 1. The Balaban J connectivity index is 1.47. The number of aryl methyl sites for hydroxylation is 1. The zero-order valence-corrected chi connectivity index (χ0v) is 14.2. The van der Waals surface area contributed by atoms with E-state index in [0.29, 0.717) is 5.69 Å². The van der Waals surface area contributed by atoms with E-state index in [9.17, 15) is 4.79 Å². The van der Waals surface area contributed by atoms with Crippen LogP contribution in [0.3, 0.4) is 0 Å². The van der Waals surface area contributed by atoms with Gasteiger partial charge < -0.3 is 10.1 Å². The second-order valence-corrected chi connectivity index (χ2v) is 6.25. The van der Waals surface area contributed by atoms with Crippen LogP contribution in [0.25, 0.3) is 0 Å². The third-order valence-electron chi connectivity index (χ3n) is 4.41. The van der Waals surface area contributed by atoms with Gasteiger partial charge in [0.1, 0.15) is 11.4 Å². The van der Waals surface area contributed by atoms with Crippen LogP contribution < -0.4 is 10.1 Å². The van der Waals surface area contributed by atoms with Gasteiger partial charge in [-0.25, -0.2) is 0 Å². The summed E-state index contributed by atoms with van der Waals surface area (Å²) in [6.45, 7) is 2.87. The summed E-state index contributed by atoms with van der Waals surface area (Å²) in [7, 11) is 3.50. The molecule has 1 amide bonds. The van der Waals surface area contributed by atoms with Crippen LogP contribution in [-0.4, -0.2) is 46.8 Å². The molecule has 6 nitrogen and oxygen atoms in total. The molecule has 0 unspecified atom stereocenters. The van der Waals surface area contributed by atoms with Crippen molar-refractivity contribution in [2.24, 2.45) is 7.05 Å². The molecule has 0 aliphatic carbocycles. The van der Waals surface area contributed by atoms with Crippen molar-refractivity contribution in [3.05, 3.63) is 47.8 Å². The van der Waals surface area contributed by atoms with Crippen molar-refractivity contribution in [2.75, 3.05) is 20.2 Å². The zero-order chi connectivity index (χ0) is 16.9. The van der Waals surface area contributed by atoms with Gasteiger partial charge in [0.2, 0.25) is 0 Å². The van der Waals surface area contributed by atoms with Gasteiger partial charge in [-0.15, -0.1) is 0 Å². The Morgan fingerprint density at radius 2 is 2.12 bits per heavy atom. The first-order chi connectivity index (χ1) is 11.6. The Morgan fingerprint density at radius 1 is 1.33 bits per heavy atom. The molecular formula is C18H24N4O2. The van der Waals surface area contributed by atoms with Crippen molar-refractivity contribution in [3.8, 4) is 5.75 Å². The number of piperidine rings is 1. The second kappa shape index (κ2) is 7.49. The number of ether oxygens (including phenoxy) is 1.